The summed E-state index contributed by atoms with van der Waals surface area (Å²) in [5.41, 5.74) is 0.816. The zero-order chi connectivity index (χ0) is 12.3. The fraction of sp³-hybridized carbons (Fsp3) is 0.455. The van der Waals surface area contributed by atoms with Crippen molar-refractivity contribution in [2.45, 2.75) is 31.0 Å². The van der Waals surface area contributed by atoms with E-state index in [9.17, 15) is 10.1 Å². The van der Waals surface area contributed by atoms with Crippen LogP contribution in [0.15, 0.2) is 18.2 Å². The third kappa shape index (κ3) is 2.95. The van der Waals surface area contributed by atoms with Crippen LogP contribution in [0.5, 0.6) is 0 Å². The Labute approximate surface area is 108 Å². The highest BCUT2D eigenvalue weighted by Crippen LogP contribution is 2.34. The molecule has 0 amide bonds. The monoisotopic (exact) mass is 305 g/mol. The molecule has 2 unspecified atom stereocenters. The second-order valence-electron chi connectivity index (χ2n) is 3.67. The van der Waals surface area contributed by atoms with Gasteiger partial charge in [-0.25, -0.2) is 0 Å². The van der Waals surface area contributed by atoms with Crippen molar-refractivity contribution in [2.75, 3.05) is 0 Å². The Morgan fingerprint density at radius 3 is 2.69 bits per heavy atom. The Kier molecular flexibility index (Phi) is 4.74. The van der Waals surface area contributed by atoms with Crippen LogP contribution in [0.4, 0.5) is 5.69 Å². The van der Waals surface area contributed by atoms with Crippen LogP contribution in [0.1, 0.15) is 31.7 Å². The van der Waals surface area contributed by atoms with Crippen molar-refractivity contribution in [3.05, 3.63) is 38.9 Å². The Bertz CT molecular complexity index is 398. The van der Waals surface area contributed by atoms with Crippen LogP contribution in [0.3, 0.4) is 0 Å². The maximum absolute atomic E-state index is 10.9. The highest BCUT2D eigenvalue weighted by molar-refractivity contribution is 9.09. The van der Waals surface area contributed by atoms with Crippen LogP contribution in [0.25, 0.3) is 0 Å². The Hall–Kier alpha value is -0.610. The summed E-state index contributed by atoms with van der Waals surface area (Å²) in [5.74, 6) is 0.0594. The molecule has 16 heavy (non-hydrogen) atoms. The van der Waals surface area contributed by atoms with Gasteiger partial charge in [0.05, 0.1) is 4.92 Å². The number of nitrogens with zero attached hydrogens (tertiary/aromatic N) is 1. The first kappa shape index (κ1) is 13.5. The molecule has 3 nitrogen and oxygen atoms in total. The van der Waals surface area contributed by atoms with Crippen molar-refractivity contribution in [2.24, 2.45) is 0 Å². The van der Waals surface area contributed by atoms with E-state index in [0.29, 0.717) is 10.6 Å². The largest absolute Gasteiger partial charge is 0.272 e. The van der Waals surface area contributed by atoms with Crippen LogP contribution >= 0.6 is 27.5 Å². The fourth-order valence-corrected chi connectivity index (χ4v) is 2.07. The summed E-state index contributed by atoms with van der Waals surface area (Å²) in [6.07, 6.45) is 0.908. The molecule has 0 aliphatic heterocycles. The van der Waals surface area contributed by atoms with E-state index >= 15 is 0 Å². The van der Waals surface area contributed by atoms with Gasteiger partial charge in [-0.05, 0) is 18.6 Å². The lowest BCUT2D eigenvalue weighted by Gasteiger charge is -2.17. The third-order valence-corrected chi connectivity index (χ3v) is 4.28. The molecule has 0 bridgehead atoms. The SMILES string of the molecule is CCC(Br)C(C)c1cc(Cl)ccc1[N+](=O)[O-]. The van der Waals surface area contributed by atoms with Gasteiger partial charge in [0.1, 0.15) is 0 Å². The summed E-state index contributed by atoms with van der Waals surface area (Å²) >= 11 is 9.40. The summed E-state index contributed by atoms with van der Waals surface area (Å²) in [7, 11) is 0. The molecule has 0 saturated heterocycles. The quantitative estimate of drug-likeness (QED) is 0.466. The maximum atomic E-state index is 10.9. The highest BCUT2D eigenvalue weighted by atomic mass is 79.9. The molecule has 0 aromatic heterocycles. The zero-order valence-corrected chi connectivity index (χ0v) is 11.5. The smallest absolute Gasteiger partial charge is 0.258 e. The van der Waals surface area contributed by atoms with Crippen LogP contribution in [0.2, 0.25) is 5.02 Å². The molecule has 0 radical (unpaired) electrons. The van der Waals surface area contributed by atoms with E-state index in [0.717, 1.165) is 6.42 Å². The number of nitro benzene ring substituents is 1. The van der Waals surface area contributed by atoms with Gasteiger partial charge in [0.25, 0.3) is 5.69 Å². The molecule has 0 fully saturated rings. The van der Waals surface area contributed by atoms with Gasteiger partial charge in [0.2, 0.25) is 0 Å². The molecule has 0 spiro atoms. The lowest BCUT2D eigenvalue weighted by molar-refractivity contribution is -0.385. The number of halogens is 2. The summed E-state index contributed by atoms with van der Waals surface area (Å²) < 4.78 is 0. The molecule has 2 atom stereocenters. The topological polar surface area (TPSA) is 43.1 Å². The van der Waals surface area contributed by atoms with E-state index in [1.807, 2.05) is 13.8 Å². The minimum absolute atomic E-state index is 0.0594. The van der Waals surface area contributed by atoms with Gasteiger partial charge in [0.15, 0.2) is 0 Å². The third-order valence-electron chi connectivity index (χ3n) is 2.61. The predicted octanol–water partition coefficient (Wildman–Crippen LogP) is 4.53. The molecule has 0 heterocycles. The molecule has 0 N–H and O–H groups in total. The second kappa shape index (κ2) is 5.64. The van der Waals surface area contributed by atoms with Crippen molar-refractivity contribution < 1.29 is 4.92 Å². The van der Waals surface area contributed by atoms with Gasteiger partial charge in [-0.15, -0.1) is 0 Å². The van der Waals surface area contributed by atoms with Gasteiger partial charge >= 0.3 is 0 Å². The molecule has 88 valence electrons. The molecule has 0 saturated carbocycles. The van der Waals surface area contributed by atoms with Crippen LogP contribution in [-0.4, -0.2) is 9.75 Å². The van der Waals surface area contributed by atoms with E-state index in [1.54, 1.807) is 12.1 Å². The number of nitro groups is 1. The maximum Gasteiger partial charge on any atom is 0.272 e. The number of hydrogen-bond acceptors (Lipinski definition) is 2. The predicted molar refractivity (Wildman–Crippen MR) is 69.5 cm³/mol. The summed E-state index contributed by atoms with van der Waals surface area (Å²) in [6, 6.07) is 4.68. The fourth-order valence-electron chi connectivity index (χ4n) is 1.60. The lowest BCUT2D eigenvalue weighted by Crippen LogP contribution is -2.10. The Morgan fingerprint density at radius 2 is 2.19 bits per heavy atom. The molecular weight excluding hydrogens is 293 g/mol. The average molecular weight is 307 g/mol. The van der Waals surface area contributed by atoms with Gasteiger partial charge in [-0.1, -0.05) is 41.4 Å². The Balaban J connectivity index is 3.19. The van der Waals surface area contributed by atoms with Crippen LogP contribution in [-0.2, 0) is 0 Å². The van der Waals surface area contributed by atoms with E-state index in [1.165, 1.54) is 6.07 Å². The van der Waals surface area contributed by atoms with Crippen molar-refractivity contribution in [1.29, 1.82) is 0 Å². The Morgan fingerprint density at radius 1 is 1.56 bits per heavy atom. The van der Waals surface area contributed by atoms with Crippen LogP contribution in [0, 0.1) is 10.1 Å². The van der Waals surface area contributed by atoms with Crippen molar-refractivity contribution >= 4 is 33.2 Å². The van der Waals surface area contributed by atoms with Crippen molar-refractivity contribution in [1.82, 2.24) is 0 Å². The van der Waals surface area contributed by atoms with Gasteiger partial charge in [0, 0.05) is 27.4 Å². The molecular formula is C11H13BrClNO2. The summed E-state index contributed by atoms with van der Waals surface area (Å²) in [6.45, 7) is 3.99. The van der Waals surface area contributed by atoms with E-state index < -0.39 is 0 Å². The van der Waals surface area contributed by atoms with Crippen LogP contribution < -0.4 is 0 Å². The molecule has 1 rings (SSSR count). The van der Waals surface area contributed by atoms with Gasteiger partial charge in [-0.2, -0.15) is 0 Å². The molecule has 5 heteroatoms. The van der Waals surface area contributed by atoms with E-state index in [-0.39, 0.29) is 21.4 Å². The van der Waals surface area contributed by atoms with Gasteiger partial charge in [-0.3, -0.25) is 10.1 Å². The number of hydrogen-bond donors (Lipinski definition) is 0. The number of alkyl halides is 1. The number of rotatable bonds is 4. The first-order chi connectivity index (χ1) is 7.47. The molecule has 1 aromatic carbocycles. The minimum atomic E-state index is -0.364. The average Bonchev–Trinajstić information content (AvgIpc) is 2.26. The summed E-state index contributed by atoms with van der Waals surface area (Å²) in [4.78, 5) is 10.7. The van der Waals surface area contributed by atoms with Crippen molar-refractivity contribution in [3.63, 3.8) is 0 Å². The molecule has 0 aliphatic carbocycles. The standard InChI is InChI=1S/C11H13BrClNO2/c1-3-10(12)7(2)9-6-8(13)4-5-11(9)14(15)16/h4-7,10H,3H2,1-2H3. The number of benzene rings is 1. The zero-order valence-electron chi connectivity index (χ0n) is 9.11. The summed E-state index contributed by atoms with van der Waals surface area (Å²) in [5, 5.41) is 11.4. The van der Waals surface area contributed by atoms with Crippen molar-refractivity contribution in [3.8, 4) is 0 Å². The van der Waals surface area contributed by atoms with E-state index in [4.69, 9.17) is 11.6 Å². The highest BCUT2D eigenvalue weighted by Gasteiger charge is 2.23. The molecule has 1 aromatic rings. The normalized spacial score (nSPS) is 14.5. The molecule has 0 aliphatic rings. The van der Waals surface area contributed by atoms with Gasteiger partial charge < -0.3 is 0 Å². The first-order valence-electron chi connectivity index (χ1n) is 5.05. The second-order valence-corrected chi connectivity index (χ2v) is 5.29. The lowest BCUT2D eigenvalue weighted by atomic mass is 9.95. The van der Waals surface area contributed by atoms with E-state index in [2.05, 4.69) is 15.9 Å². The minimum Gasteiger partial charge on any atom is -0.258 e. The first-order valence-corrected chi connectivity index (χ1v) is 6.34.